The Kier molecular flexibility index (Phi) is 2.91. The minimum atomic E-state index is 0.521. The fraction of sp³-hybridized carbons (Fsp3) is 0.100. The van der Waals surface area contributed by atoms with E-state index in [1.54, 1.807) is 28.9 Å². The molecule has 2 nitrogen and oxygen atoms in total. The molecule has 15 heavy (non-hydrogen) atoms. The molecule has 0 aliphatic rings. The van der Waals surface area contributed by atoms with Gasteiger partial charge in [0.15, 0.2) is 0 Å². The van der Waals surface area contributed by atoms with Crippen LogP contribution in [0.2, 0.25) is 15.2 Å². The summed E-state index contributed by atoms with van der Waals surface area (Å²) in [4.78, 5) is 0. The molecule has 0 saturated heterocycles. The number of nitrogens with zero attached hydrogens (tertiary/aromatic N) is 2. The Balaban J connectivity index is 2.59. The SMILES string of the molecule is Cc1cc(Cl)n(-c2ccc(Cl)cc2Cl)n1. The van der Waals surface area contributed by atoms with Gasteiger partial charge in [0.2, 0.25) is 0 Å². The molecule has 0 spiro atoms. The normalized spacial score (nSPS) is 10.7. The van der Waals surface area contributed by atoms with Gasteiger partial charge >= 0.3 is 0 Å². The van der Waals surface area contributed by atoms with E-state index in [1.807, 2.05) is 6.92 Å². The first kappa shape index (κ1) is 10.8. The second kappa shape index (κ2) is 4.05. The zero-order valence-electron chi connectivity index (χ0n) is 7.84. The lowest BCUT2D eigenvalue weighted by atomic mass is 10.3. The molecule has 0 unspecified atom stereocenters. The van der Waals surface area contributed by atoms with Crippen molar-refractivity contribution in [1.29, 1.82) is 0 Å². The van der Waals surface area contributed by atoms with Crippen LogP contribution >= 0.6 is 34.8 Å². The maximum Gasteiger partial charge on any atom is 0.133 e. The fourth-order valence-corrected chi connectivity index (χ4v) is 2.07. The van der Waals surface area contributed by atoms with Crippen LogP contribution in [-0.4, -0.2) is 9.78 Å². The third-order valence-electron chi connectivity index (χ3n) is 1.93. The smallest absolute Gasteiger partial charge is 0.133 e. The van der Waals surface area contributed by atoms with Crippen LogP contribution in [0, 0.1) is 6.92 Å². The van der Waals surface area contributed by atoms with E-state index < -0.39 is 0 Å². The van der Waals surface area contributed by atoms with Crippen LogP contribution < -0.4 is 0 Å². The number of benzene rings is 1. The standard InChI is InChI=1S/C10H7Cl3N2/c1-6-4-10(13)15(14-6)9-3-2-7(11)5-8(9)12/h2-5H,1H3. The number of aromatic nitrogens is 2. The van der Waals surface area contributed by atoms with Gasteiger partial charge in [0.05, 0.1) is 16.4 Å². The fourth-order valence-electron chi connectivity index (χ4n) is 1.29. The second-order valence-electron chi connectivity index (χ2n) is 3.12. The lowest BCUT2D eigenvalue weighted by Gasteiger charge is -2.05. The molecule has 0 aliphatic carbocycles. The first-order valence-electron chi connectivity index (χ1n) is 4.25. The van der Waals surface area contributed by atoms with Gasteiger partial charge in [-0.1, -0.05) is 34.8 Å². The van der Waals surface area contributed by atoms with Crippen molar-refractivity contribution in [2.75, 3.05) is 0 Å². The van der Waals surface area contributed by atoms with E-state index in [1.165, 1.54) is 0 Å². The monoisotopic (exact) mass is 260 g/mol. The Hall–Kier alpha value is -0.700. The van der Waals surface area contributed by atoms with Crippen LogP contribution in [0.4, 0.5) is 0 Å². The summed E-state index contributed by atoms with van der Waals surface area (Å²) in [5, 5.41) is 5.86. The highest BCUT2D eigenvalue weighted by Crippen LogP contribution is 2.26. The van der Waals surface area contributed by atoms with Gasteiger partial charge in [-0.3, -0.25) is 0 Å². The first-order valence-corrected chi connectivity index (χ1v) is 5.39. The Morgan fingerprint density at radius 1 is 1.13 bits per heavy atom. The largest absolute Gasteiger partial charge is 0.220 e. The number of halogens is 3. The molecule has 0 aliphatic heterocycles. The average Bonchev–Trinajstić information content (AvgIpc) is 2.45. The van der Waals surface area contributed by atoms with Gasteiger partial charge in [0, 0.05) is 5.02 Å². The topological polar surface area (TPSA) is 17.8 Å². The summed E-state index contributed by atoms with van der Waals surface area (Å²) in [6.07, 6.45) is 0. The average molecular weight is 262 g/mol. The van der Waals surface area contributed by atoms with Crippen molar-refractivity contribution in [2.24, 2.45) is 0 Å². The quantitative estimate of drug-likeness (QED) is 0.754. The van der Waals surface area contributed by atoms with Gasteiger partial charge in [0.25, 0.3) is 0 Å². The van der Waals surface area contributed by atoms with E-state index in [0.717, 1.165) is 11.4 Å². The van der Waals surface area contributed by atoms with Crippen LogP contribution in [0.1, 0.15) is 5.69 Å². The predicted molar refractivity (Wildman–Crippen MR) is 63.3 cm³/mol. The lowest BCUT2D eigenvalue weighted by molar-refractivity contribution is 0.863. The van der Waals surface area contributed by atoms with Crippen LogP contribution in [-0.2, 0) is 0 Å². The molecule has 1 heterocycles. The van der Waals surface area contributed by atoms with Crippen molar-refractivity contribution >= 4 is 34.8 Å². The van der Waals surface area contributed by atoms with Crippen molar-refractivity contribution in [3.05, 3.63) is 45.2 Å². The Labute approximate surface area is 102 Å². The van der Waals surface area contributed by atoms with E-state index in [2.05, 4.69) is 5.10 Å². The highest BCUT2D eigenvalue weighted by atomic mass is 35.5. The molecule has 1 aromatic carbocycles. The van der Waals surface area contributed by atoms with Crippen molar-refractivity contribution in [3.8, 4) is 5.69 Å². The molecular formula is C10H7Cl3N2. The molecular weight excluding hydrogens is 254 g/mol. The molecule has 0 fully saturated rings. The molecule has 0 atom stereocenters. The predicted octanol–water partition coefficient (Wildman–Crippen LogP) is 4.14. The molecule has 0 saturated carbocycles. The number of hydrogen-bond donors (Lipinski definition) is 0. The van der Waals surface area contributed by atoms with Crippen LogP contribution in [0.15, 0.2) is 24.3 Å². The molecule has 0 N–H and O–H groups in total. The summed E-state index contributed by atoms with van der Waals surface area (Å²) >= 11 is 17.8. The third-order valence-corrected chi connectivity index (χ3v) is 2.73. The minimum Gasteiger partial charge on any atom is -0.220 e. The van der Waals surface area contributed by atoms with E-state index in [4.69, 9.17) is 34.8 Å². The molecule has 5 heteroatoms. The van der Waals surface area contributed by atoms with Crippen LogP contribution in [0.3, 0.4) is 0 Å². The third kappa shape index (κ3) is 2.12. The van der Waals surface area contributed by atoms with Gasteiger partial charge in [0.1, 0.15) is 5.15 Å². The highest BCUT2D eigenvalue weighted by Gasteiger charge is 2.08. The summed E-state index contributed by atoms with van der Waals surface area (Å²) in [5.74, 6) is 0. The zero-order chi connectivity index (χ0) is 11.0. The highest BCUT2D eigenvalue weighted by molar-refractivity contribution is 6.36. The summed E-state index contributed by atoms with van der Waals surface area (Å²) in [5.41, 5.74) is 1.56. The van der Waals surface area contributed by atoms with Gasteiger partial charge in [-0.15, -0.1) is 0 Å². The van der Waals surface area contributed by atoms with Gasteiger partial charge < -0.3 is 0 Å². The van der Waals surface area contributed by atoms with Gasteiger partial charge in [-0.05, 0) is 31.2 Å². The minimum absolute atomic E-state index is 0.521. The van der Waals surface area contributed by atoms with Crippen LogP contribution in [0.5, 0.6) is 0 Å². The number of hydrogen-bond acceptors (Lipinski definition) is 1. The summed E-state index contributed by atoms with van der Waals surface area (Å²) in [6.45, 7) is 1.87. The summed E-state index contributed by atoms with van der Waals surface area (Å²) in [7, 11) is 0. The number of aryl methyl sites for hydroxylation is 1. The number of rotatable bonds is 1. The molecule has 0 bridgehead atoms. The molecule has 0 radical (unpaired) electrons. The lowest BCUT2D eigenvalue weighted by Crippen LogP contribution is -1.97. The summed E-state index contributed by atoms with van der Waals surface area (Å²) in [6, 6.07) is 6.96. The molecule has 2 rings (SSSR count). The van der Waals surface area contributed by atoms with E-state index in [0.29, 0.717) is 15.2 Å². The van der Waals surface area contributed by atoms with Crippen molar-refractivity contribution in [2.45, 2.75) is 6.92 Å². The van der Waals surface area contributed by atoms with Gasteiger partial charge in [-0.2, -0.15) is 5.10 Å². The Bertz CT molecular complexity index is 505. The van der Waals surface area contributed by atoms with Gasteiger partial charge in [-0.25, -0.2) is 4.68 Å². The van der Waals surface area contributed by atoms with Crippen LogP contribution in [0.25, 0.3) is 5.69 Å². The zero-order valence-corrected chi connectivity index (χ0v) is 10.1. The Morgan fingerprint density at radius 3 is 2.40 bits per heavy atom. The molecule has 0 amide bonds. The molecule has 1 aromatic heterocycles. The van der Waals surface area contributed by atoms with E-state index >= 15 is 0 Å². The van der Waals surface area contributed by atoms with E-state index in [-0.39, 0.29) is 0 Å². The van der Waals surface area contributed by atoms with Crippen molar-refractivity contribution in [3.63, 3.8) is 0 Å². The Morgan fingerprint density at radius 2 is 1.87 bits per heavy atom. The van der Waals surface area contributed by atoms with Crippen molar-refractivity contribution < 1.29 is 0 Å². The maximum atomic E-state index is 6.04. The van der Waals surface area contributed by atoms with E-state index in [9.17, 15) is 0 Å². The summed E-state index contributed by atoms with van der Waals surface area (Å²) < 4.78 is 1.58. The second-order valence-corrected chi connectivity index (χ2v) is 4.35. The van der Waals surface area contributed by atoms with Crippen molar-refractivity contribution in [1.82, 2.24) is 9.78 Å². The first-order chi connectivity index (χ1) is 7.08. The molecule has 2 aromatic rings. The molecule has 78 valence electrons. The maximum absolute atomic E-state index is 6.04.